The maximum Gasteiger partial charge on any atom is 0.162 e. The number of thiophene rings is 1. The summed E-state index contributed by atoms with van der Waals surface area (Å²) in [6.45, 7) is 19.4. The monoisotopic (exact) mass is 1970 g/mol. The number of benzene rings is 19. The van der Waals surface area contributed by atoms with E-state index in [9.17, 15) is 0 Å². The highest BCUT2D eigenvalue weighted by Crippen LogP contribution is 2.55. The van der Waals surface area contributed by atoms with Crippen molar-refractivity contribution in [2.45, 2.75) is 58.5 Å². The number of para-hydroxylation sites is 8. The zero-order valence-electron chi connectivity index (χ0n) is 83.6. The van der Waals surface area contributed by atoms with Gasteiger partial charge in [-0.15, -0.1) is 11.3 Å². The first-order valence-electron chi connectivity index (χ1n) is 51.6. The Morgan fingerprint density at radius 2 is 0.530 bits per heavy atom. The average molecular weight is 1980 g/mol. The van der Waals surface area contributed by atoms with Crippen molar-refractivity contribution in [3.05, 3.63) is 460 Å². The van der Waals surface area contributed by atoms with E-state index in [0.717, 1.165) is 113 Å². The van der Waals surface area contributed by atoms with E-state index in [1.165, 1.54) is 172 Å². The first-order valence-corrected chi connectivity index (χ1v) is 61.4. The molecule has 0 N–H and O–H groups in total. The van der Waals surface area contributed by atoms with Crippen LogP contribution < -0.4 is 31.1 Å². The lowest BCUT2D eigenvalue weighted by molar-refractivity contribution is 0.661. The number of aromatic nitrogens is 10. The molecule has 19 aromatic carbocycles. The Labute approximate surface area is 869 Å². The molecule has 1 aliphatic carbocycles. The van der Waals surface area contributed by atoms with Crippen molar-refractivity contribution in [3.63, 3.8) is 0 Å². The standard InChI is InChI=1S/C48H34N4Si.C45H35N3Si.C42H29N3SSi/c1-53(2)42-28-16-12-24-37(42)45-47(53)44(31-17-5-3-6-18-31)49-48(50-45)36-23-11-15-27-40(36)52-38-25-13-9-21-33(38)34-29-30-41-43(46(34)52)35-22-10-14-26-39(35)51(41)32-19-7-4-8-20-32;1-45(2)34-22-12-8-19-31(34)39-35(45)27-26-30-29-18-9-13-23-36(29)48(42(30)39)37-24-14-10-20-32(37)44-46-40(28-16-6-5-7-17-28)43-41(47-44)33-21-11-15-25-38(33)49(43,3)4;1-47(2)36-23-13-9-19-31(36)39-41(47)38(26-14-4-3-5-15-26)43-42(44-39)29-17-7-11-21-33(29)45-32-20-10-6-16-27(32)28-24-25-35-37(40(28)45)30-18-8-12-22-34(30)46-35/h3-30H,1-2H3;5-27H,1-4H3;3-25H,1-2H3. The maximum absolute atomic E-state index is 5.56. The molecule has 14 heteroatoms. The van der Waals surface area contributed by atoms with Gasteiger partial charge in [-0.1, -0.05) is 411 Å². The van der Waals surface area contributed by atoms with Crippen LogP contribution in [0.25, 0.3) is 243 Å². The van der Waals surface area contributed by atoms with Gasteiger partial charge in [-0.3, -0.25) is 0 Å². The third-order valence-corrected chi connectivity index (χ3v) is 44.2. The molecule has 0 fully saturated rings. The molecule has 0 spiro atoms. The Kier molecular flexibility index (Phi) is 19.8. The summed E-state index contributed by atoms with van der Waals surface area (Å²) in [5.41, 5.74) is 35.8. The molecule has 4 aliphatic rings. The highest BCUT2D eigenvalue weighted by Gasteiger charge is 2.47. The van der Waals surface area contributed by atoms with Crippen molar-refractivity contribution < 1.29 is 0 Å². The van der Waals surface area contributed by atoms with Crippen molar-refractivity contribution in [3.8, 4) is 136 Å². The summed E-state index contributed by atoms with van der Waals surface area (Å²) in [5.74, 6) is 2.26. The topological polar surface area (TPSA) is 97.1 Å². The van der Waals surface area contributed by atoms with Crippen molar-refractivity contribution in [1.82, 2.24) is 48.2 Å². The fourth-order valence-corrected chi connectivity index (χ4v) is 36.6. The molecule has 27 aromatic rings. The lowest BCUT2D eigenvalue weighted by Gasteiger charge is -2.22. The molecule has 0 atom stereocenters. The second kappa shape index (κ2) is 33.5. The van der Waals surface area contributed by atoms with E-state index in [1.54, 1.807) is 0 Å². The molecule has 0 saturated heterocycles. The van der Waals surface area contributed by atoms with Gasteiger partial charge in [0.05, 0.1) is 95.4 Å². The van der Waals surface area contributed by atoms with E-state index in [4.69, 9.17) is 29.9 Å². The summed E-state index contributed by atoms with van der Waals surface area (Å²) < 4.78 is 12.4. The van der Waals surface area contributed by atoms with E-state index in [2.05, 4.69) is 520 Å². The Morgan fingerprint density at radius 1 is 0.215 bits per heavy atom. The second-order valence-electron chi connectivity index (χ2n) is 42.1. The van der Waals surface area contributed by atoms with Gasteiger partial charge < -0.3 is 18.3 Å². The number of hydrogen-bond acceptors (Lipinski definition) is 7. The van der Waals surface area contributed by atoms with Crippen LogP contribution in [0.1, 0.15) is 25.0 Å². The Bertz CT molecular complexity index is 10300. The number of fused-ring (bicyclic) bond motifs is 30. The fourth-order valence-electron chi connectivity index (χ4n) is 25.8. The molecule has 3 aliphatic heterocycles. The van der Waals surface area contributed by atoms with Crippen LogP contribution in [0.5, 0.6) is 0 Å². The Morgan fingerprint density at radius 3 is 0.973 bits per heavy atom. The van der Waals surface area contributed by atoms with Gasteiger partial charge in [-0.2, -0.15) is 0 Å². The summed E-state index contributed by atoms with van der Waals surface area (Å²) in [4.78, 5) is 33.2. The van der Waals surface area contributed by atoms with E-state index < -0.39 is 24.2 Å². The van der Waals surface area contributed by atoms with Crippen LogP contribution in [0.3, 0.4) is 0 Å². The molecule has 0 unspecified atom stereocenters. The van der Waals surface area contributed by atoms with Gasteiger partial charge in [0, 0.05) is 113 Å². The first-order chi connectivity index (χ1) is 73.0. The Balaban J connectivity index is 0.000000105. The van der Waals surface area contributed by atoms with Gasteiger partial charge in [0.15, 0.2) is 17.5 Å². The van der Waals surface area contributed by atoms with E-state index in [1.807, 2.05) is 11.3 Å². The normalized spacial score (nSPS) is 13.9. The van der Waals surface area contributed by atoms with E-state index >= 15 is 0 Å². The Hall–Kier alpha value is -17.5. The third kappa shape index (κ3) is 13.1. The molecule has 10 nitrogen and oxygen atoms in total. The maximum atomic E-state index is 5.56. The summed E-state index contributed by atoms with van der Waals surface area (Å²) >= 11 is 1.86. The molecule has 31 rings (SSSR count). The molecule has 0 bridgehead atoms. The van der Waals surface area contributed by atoms with Crippen LogP contribution in [0.2, 0.25) is 39.3 Å². The number of nitrogens with zero attached hydrogens (tertiary/aromatic N) is 10. The molecular formula is C135H98N10SSi3. The van der Waals surface area contributed by atoms with Crippen molar-refractivity contribution in [2.75, 3.05) is 0 Å². The predicted octanol–water partition coefficient (Wildman–Crippen LogP) is 30.9. The fraction of sp³-hybridized carbons (Fsp3) is 0.0667. The van der Waals surface area contributed by atoms with Crippen LogP contribution in [0, 0.1) is 0 Å². The molecular weight excluding hydrogens is 1880 g/mol. The van der Waals surface area contributed by atoms with Gasteiger partial charge in [0.25, 0.3) is 0 Å². The molecule has 0 saturated carbocycles. The minimum atomic E-state index is -2.09. The summed E-state index contributed by atoms with van der Waals surface area (Å²) in [6.07, 6.45) is 0. The molecule has 0 radical (unpaired) electrons. The van der Waals surface area contributed by atoms with Gasteiger partial charge in [-0.05, 0) is 155 Å². The van der Waals surface area contributed by atoms with Crippen LogP contribution >= 0.6 is 11.3 Å². The van der Waals surface area contributed by atoms with E-state index in [0.29, 0.717) is 0 Å². The van der Waals surface area contributed by atoms with Gasteiger partial charge >= 0.3 is 0 Å². The van der Waals surface area contributed by atoms with Crippen LogP contribution in [-0.4, -0.2) is 72.4 Å². The second-order valence-corrected chi connectivity index (χ2v) is 56.1. The highest BCUT2D eigenvalue weighted by atomic mass is 32.1. The van der Waals surface area contributed by atoms with Crippen molar-refractivity contribution >= 4 is 174 Å². The number of rotatable bonds is 10. The number of hydrogen-bond donors (Lipinski definition) is 0. The molecule has 11 heterocycles. The van der Waals surface area contributed by atoms with Crippen molar-refractivity contribution in [1.29, 1.82) is 0 Å². The summed E-state index contributed by atoms with van der Waals surface area (Å²) in [7, 11) is -6.20. The van der Waals surface area contributed by atoms with E-state index in [-0.39, 0.29) is 5.41 Å². The largest absolute Gasteiger partial charge is 0.309 e. The van der Waals surface area contributed by atoms with Crippen LogP contribution in [-0.2, 0) is 5.41 Å². The molecule has 706 valence electrons. The predicted molar refractivity (Wildman–Crippen MR) is 633 cm³/mol. The summed E-state index contributed by atoms with van der Waals surface area (Å²) in [5, 5.41) is 20.8. The quantitative estimate of drug-likeness (QED) is 0.127. The third-order valence-electron chi connectivity index (χ3n) is 32.5. The van der Waals surface area contributed by atoms with Crippen molar-refractivity contribution in [2.24, 2.45) is 0 Å². The zero-order chi connectivity index (χ0) is 99.6. The van der Waals surface area contributed by atoms with Gasteiger partial charge in [-0.25, -0.2) is 29.9 Å². The highest BCUT2D eigenvalue weighted by molar-refractivity contribution is 7.26. The van der Waals surface area contributed by atoms with Crippen LogP contribution in [0.15, 0.2) is 449 Å². The van der Waals surface area contributed by atoms with Gasteiger partial charge in [0.2, 0.25) is 0 Å². The lowest BCUT2D eigenvalue weighted by Crippen LogP contribution is -2.50. The van der Waals surface area contributed by atoms with Gasteiger partial charge in [0.1, 0.15) is 24.2 Å². The minimum absolute atomic E-state index is 0.0985. The molecule has 8 aromatic heterocycles. The first kappa shape index (κ1) is 88.0. The van der Waals surface area contributed by atoms with Crippen LogP contribution in [0.4, 0.5) is 0 Å². The smallest absolute Gasteiger partial charge is 0.162 e. The average Bonchev–Trinajstić information content (AvgIpc) is 1.54. The lowest BCUT2D eigenvalue weighted by atomic mass is 9.82. The minimum Gasteiger partial charge on any atom is -0.309 e. The SMILES string of the molecule is CC1(C)c2ccccc2-c2c1ccc1c3ccccc3n(-c3ccccc3-c3nc(-c4ccccc4)c4c(n3)-c3ccccc3[Si]4(C)C)c21.C[Si]1(C)c2ccccc2-c2nc(-c3ccccc3-n3c4ccccc4c4ccc5c(c6ccccc6n5-c5ccccc5)c43)nc(-c3ccccc3)c21.C[Si]1(C)c2ccccc2-c2nc(-c3ccccc3-n3c4ccccc4c4ccc5sc6ccccc6c5c43)nc(-c3ccccc3)c21. The summed E-state index contributed by atoms with van der Waals surface area (Å²) in [6, 6.07) is 162. The zero-order valence-corrected chi connectivity index (χ0v) is 87.4. The molecule has 0 amide bonds. The molecule has 149 heavy (non-hydrogen) atoms.